The number of carbonyl (C=O) groups is 2. The number of hydrogen-bond acceptors (Lipinski definition) is 3. The Hall–Kier alpha value is -1.42. The van der Waals surface area contributed by atoms with E-state index in [4.69, 9.17) is 9.53 Å². The minimum atomic E-state index is -1.87. The lowest BCUT2D eigenvalue weighted by molar-refractivity contribution is -0.136. The first kappa shape index (κ1) is 29.6. The van der Waals surface area contributed by atoms with Gasteiger partial charge >= 0.3 is 5.97 Å². The molecular weight excluding hydrogens is 428 g/mol. The molecule has 0 aromatic rings. The Morgan fingerprint density at radius 3 is 2.58 bits per heavy atom. The standard InChI is InChI=1S/C28H48O4Si/c1-8-9-12-15-22(2)26(32-33(6,7)28(3,4)5)21-19-23-18-20-25(29)24(23)16-13-10-11-14-17-27(30)31/h10,14,18,22,24,26H,8-9,12-13,15-17,19-21H2,1-7H3,(H,30,31)/t11?,22?,24-,26?/m1/s1. The third kappa shape index (κ3) is 10.6. The van der Waals surface area contributed by atoms with Crippen molar-refractivity contribution in [1.82, 2.24) is 0 Å². The van der Waals surface area contributed by atoms with E-state index in [1.807, 2.05) is 6.08 Å². The van der Waals surface area contributed by atoms with Gasteiger partial charge in [-0.05, 0) is 68.3 Å². The second kappa shape index (κ2) is 14.1. The van der Waals surface area contributed by atoms with Gasteiger partial charge in [-0.15, -0.1) is 5.73 Å². The number of carboxylic acid groups (broad SMARTS) is 1. The van der Waals surface area contributed by atoms with Crippen LogP contribution in [0.4, 0.5) is 0 Å². The Morgan fingerprint density at radius 1 is 1.27 bits per heavy atom. The molecule has 0 amide bonds. The molecule has 0 heterocycles. The molecular formula is C28H48O4Si. The highest BCUT2D eigenvalue weighted by Crippen LogP contribution is 2.40. The van der Waals surface area contributed by atoms with Gasteiger partial charge in [0.1, 0.15) is 5.78 Å². The average Bonchev–Trinajstić information content (AvgIpc) is 3.06. The first-order chi connectivity index (χ1) is 15.4. The first-order valence-electron chi connectivity index (χ1n) is 12.9. The maximum atomic E-state index is 12.5. The molecule has 1 N–H and O–H groups in total. The Bertz CT molecular complexity index is 723. The number of ketones is 1. The minimum Gasteiger partial charge on any atom is -0.481 e. The van der Waals surface area contributed by atoms with Crippen molar-refractivity contribution < 1.29 is 19.1 Å². The van der Waals surface area contributed by atoms with Crippen molar-refractivity contribution in [3.05, 3.63) is 29.5 Å². The van der Waals surface area contributed by atoms with E-state index in [1.54, 1.807) is 0 Å². The van der Waals surface area contributed by atoms with E-state index in [2.05, 4.69) is 59.5 Å². The van der Waals surface area contributed by atoms with Crippen LogP contribution in [0, 0.1) is 11.8 Å². The van der Waals surface area contributed by atoms with Crippen LogP contribution in [0.2, 0.25) is 18.1 Å². The number of hydrogen-bond donors (Lipinski definition) is 1. The Labute approximate surface area is 203 Å². The van der Waals surface area contributed by atoms with Gasteiger partial charge < -0.3 is 9.53 Å². The van der Waals surface area contributed by atoms with Crippen molar-refractivity contribution >= 4 is 20.1 Å². The van der Waals surface area contributed by atoms with Gasteiger partial charge in [0.05, 0.1) is 6.42 Å². The molecule has 188 valence electrons. The SMILES string of the molecule is CCCCCC(C)C(CCC1=CCC(=O)[C@@H]1CCC=C=CCC(=O)O)O[Si](C)(C)C(C)(C)C. The predicted octanol–water partition coefficient (Wildman–Crippen LogP) is 7.86. The Balaban J connectivity index is 2.78. The summed E-state index contributed by atoms with van der Waals surface area (Å²) in [6.45, 7) is 16.1. The maximum Gasteiger partial charge on any atom is 0.307 e. The molecule has 0 radical (unpaired) electrons. The zero-order valence-electron chi connectivity index (χ0n) is 22.2. The fourth-order valence-corrected chi connectivity index (χ4v) is 5.60. The zero-order chi connectivity index (χ0) is 25.1. The highest BCUT2D eigenvalue weighted by Gasteiger charge is 2.40. The molecule has 2 unspecified atom stereocenters. The number of allylic oxidation sites excluding steroid dienone is 2. The highest BCUT2D eigenvalue weighted by atomic mass is 28.4. The van der Waals surface area contributed by atoms with Crippen LogP contribution in [0.25, 0.3) is 0 Å². The second-order valence-electron chi connectivity index (χ2n) is 11.2. The fraction of sp³-hybridized carbons (Fsp3) is 0.750. The summed E-state index contributed by atoms with van der Waals surface area (Å²) in [5, 5.41) is 8.87. The van der Waals surface area contributed by atoms with Crippen LogP contribution in [-0.2, 0) is 14.0 Å². The molecule has 0 saturated heterocycles. The summed E-state index contributed by atoms with van der Waals surface area (Å²) in [5.41, 5.74) is 4.19. The Morgan fingerprint density at radius 2 is 1.97 bits per heavy atom. The molecule has 33 heavy (non-hydrogen) atoms. The predicted molar refractivity (Wildman–Crippen MR) is 140 cm³/mol. The molecule has 0 spiro atoms. The molecule has 1 aliphatic rings. The van der Waals surface area contributed by atoms with Gasteiger partial charge in [0, 0.05) is 18.4 Å². The number of carboxylic acids is 1. The topological polar surface area (TPSA) is 63.6 Å². The van der Waals surface area contributed by atoms with Crippen LogP contribution in [0.15, 0.2) is 29.5 Å². The third-order valence-corrected chi connectivity index (χ3v) is 11.9. The van der Waals surface area contributed by atoms with Crippen molar-refractivity contribution in [2.45, 2.75) is 123 Å². The van der Waals surface area contributed by atoms with Gasteiger partial charge in [-0.3, -0.25) is 9.59 Å². The van der Waals surface area contributed by atoms with Crippen LogP contribution >= 0.6 is 0 Å². The van der Waals surface area contributed by atoms with Gasteiger partial charge in [0.15, 0.2) is 8.32 Å². The van der Waals surface area contributed by atoms with Crippen molar-refractivity contribution in [2.24, 2.45) is 11.8 Å². The van der Waals surface area contributed by atoms with E-state index < -0.39 is 14.3 Å². The number of Topliss-reactive ketones (excluding diaryl/α,β-unsaturated/α-hetero) is 1. The molecule has 0 aromatic heterocycles. The molecule has 0 fully saturated rings. The average molecular weight is 477 g/mol. The summed E-state index contributed by atoms with van der Waals surface area (Å²) < 4.78 is 6.92. The fourth-order valence-electron chi connectivity index (χ4n) is 4.13. The molecule has 1 aliphatic carbocycles. The summed E-state index contributed by atoms with van der Waals surface area (Å²) in [4.78, 5) is 23.1. The van der Waals surface area contributed by atoms with Gasteiger partial charge in [0.25, 0.3) is 0 Å². The largest absolute Gasteiger partial charge is 0.481 e. The lowest BCUT2D eigenvalue weighted by Gasteiger charge is -2.41. The van der Waals surface area contributed by atoms with Crippen LogP contribution in [0.5, 0.6) is 0 Å². The van der Waals surface area contributed by atoms with E-state index in [-0.39, 0.29) is 23.5 Å². The summed E-state index contributed by atoms with van der Waals surface area (Å²) in [7, 11) is -1.87. The van der Waals surface area contributed by atoms with E-state index in [9.17, 15) is 9.59 Å². The summed E-state index contributed by atoms with van der Waals surface area (Å²) in [6.07, 6.45) is 14.6. The summed E-state index contributed by atoms with van der Waals surface area (Å²) in [5.74, 6) is -0.0353. The molecule has 1 rings (SSSR count). The summed E-state index contributed by atoms with van der Waals surface area (Å²) in [6, 6.07) is 0. The maximum absolute atomic E-state index is 12.5. The second-order valence-corrected chi connectivity index (χ2v) is 15.9. The Kier molecular flexibility index (Phi) is 12.6. The molecule has 0 bridgehead atoms. The number of rotatable bonds is 15. The van der Waals surface area contributed by atoms with Crippen molar-refractivity contribution in [3.8, 4) is 0 Å². The van der Waals surface area contributed by atoms with Gasteiger partial charge in [0.2, 0.25) is 0 Å². The highest BCUT2D eigenvalue weighted by molar-refractivity contribution is 6.74. The smallest absolute Gasteiger partial charge is 0.307 e. The molecule has 5 heteroatoms. The molecule has 0 saturated carbocycles. The first-order valence-corrected chi connectivity index (χ1v) is 15.8. The van der Waals surface area contributed by atoms with Crippen LogP contribution < -0.4 is 0 Å². The van der Waals surface area contributed by atoms with E-state index >= 15 is 0 Å². The third-order valence-electron chi connectivity index (χ3n) is 7.38. The minimum absolute atomic E-state index is 0.00792. The number of unbranched alkanes of at least 4 members (excludes halogenated alkanes) is 2. The van der Waals surface area contributed by atoms with Gasteiger partial charge in [-0.2, -0.15) is 0 Å². The number of aliphatic carboxylic acids is 1. The lowest BCUT2D eigenvalue weighted by atomic mass is 9.88. The lowest BCUT2D eigenvalue weighted by Crippen LogP contribution is -2.45. The number of carbonyl (C=O) groups excluding carboxylic acids is 1. The van der Waals surface area contributed by atoms with E-state index in [0.717, 1.165) is 25.7 Å². The van der Waals surface area contributed by atoms with Crippen molar-refractivity contribution in [2.75, 3.05) is 0 Å². The zero-order valence-corrected chi connectivity index (χ0v) is 23.2. The van der Waals surface area contributed by atoms with Gasteiger partial charge in [-0.1, -0.05) is 65.5 Å². The molecule has 3 atom stereocenters. The molecule has 4 nitrogen and oxygen atoms in total. The quantitative estimate of drug-likeness (QED) is 0.113. The van der Waals surface area contributed by atoms with E-state index in [0.29, 0.717) is 18.1 Å². The van der Waals surface area contributed by atoms with Gasteiger partial charge in [-0.25, -0.2) is 0 Å². The monoisotopic (exact) mass is 476 g/mol. The van der Waals surface area contributed by atoms with Crippen LogP contribution in [0.3, 0.4) is 0 Å². The summed E-state index contributed by atoms with van der Waals surface area (Å²) >= 11 is 0. The molecule has 0 aliphatic heterocycles. The molecule has 0 aromatic carbocycles. The van der Waals surface area contributed by atoms with Crippen molar-refractivity contribution in [3.63, 3.8) is 0 Å². The normalized spacial score (nSPS) is 18.5. The van der Waals surface area contributed by atoms with Crippen LogP contribution in [-0.4, -0.2) is 31.3 Å². The van der Waals surface area contributed by atoms with Crippen LogP contribution in [0.1, 0.15) is 98.8 Å². The van der Waals surface area contributed by atoms with Crippen molar-refractivity contribution in [1.29, 1.82) is 0 Å². The van der Waals surface area contributed by atoms with E-state index in [1.165, 1.54) is 37.3 Å².